The van der Waals surface area contributed by atoms with Crippen molar-refractivity contribution in [2.24, 2.45) is 0 Å². The summed E-state index contributed by atoms with van der Waals surface area (Å²) in [6.07, 6.45) is 0. The van der Waals surface area contributed by atoms with Crippen molar-refractivity contribution in [3.05, 3.63) is 76.5 Å². The van der Waals surface area contributed by atoms with Crippen LogP contribution in [0.2, 0.25) is 0 Å². The van der Waals surface area contributed by atoms with Crippen molar-refractivity contribution in [2.45, 2.75) is 13.8 Å². The Hall–Kier alpha value is -4.50. The molecule has 0 aliphatic rings. The highest BCUT2D eigenvalue weighted by molar-refractivity contribution is 6.06. The molecule has 9 nitrogen and oxygen atoms in total. The first-order chi connectivity index (χ1) is 19.4. The number of carbonyl (C=O) groups excluding carboxylic acids is 1. The topological polar surface area (TPSA) is 99.5 Å². The number of nitrogens with one attached hydrogen (secondary N) is 1. The van der Waals surface area contributed by atoms with Gasteiger partial charge in [0, 0.05) is 29.9 Å². The zero-order valence-electron chi connectivity index (χ0n) is 23.4. The first-order valence-corrected chi connectivity index (χ1v) is 13.1. The summed E-state index contributed by atoms with van der Waals surface area (Å²) in [7, 11) is 4.53. The summed E-state index contributed by atoms with van der Waals surface area (Å²) in [6, 6.07) is 17.1. The molecule has 0 saturated carbocycles. The lowest BCUT2D eigenvalue weighted by Gasteiger charge is -2.20. The Kier molecular flexibility index (Phi) is 9.29. The van der Waals surface area contributed by atoms with Crippen LogP contribution in [0.15, 0.2) is 69.9 Å². The van der Waals surface area contributed by atoms with E-state index >= 15 is 0 Å². The number of methoxy groups -OCH3 is 3. The fourth-order valence-electron chi connectivity index (χ4n) is 4.47. The predicted octanol–water partition coefficient (Wildman–Crippen LogP) is 5.46. The molecule has 0 bridgehead atoms. The van der Waals surface area contributed by atoms with E-state index in [9.17, 15) is 9.59 Å². The molecule has 1 heterocycles. The summed E-state index contributed by atoms with van der Waals surface area (Å²) < 4.78 is 28.7. The molecule has 0 aliphatic carbocycles. The summed E-state index contributed by atoms with van der Waals surface area (Å²) in [5.41, 5.74) is 1.54. The van der Waals surface area contributed by atoms with Crippen LogP contribution in [0.3, 0.4) is 0 Å². The number of benzene rings is 3. The van der Waals surface area contributed by atoms with Gasteiger partial charge in [-0.3, -0.25) is 9.59 Å². The van der Waals surface area contributed by atoms with Gasteiger partial charge in [-0.05, 0) is 37.4 Å². The number of hydrogen-bond acceptors (Lipinski definition) is 8. The lowest BCUT2D eigenvalue weighted by molar-refractivity contribution is 0.102. The number of para-hydroxylation sites is 1. The lowest BCUT2D eigenvalue weighted by atomic mass is 10.1. The maximum atomic E-state index is 13.5. The van der Waals surface area contributed by atoms with Crippen LogP contribution in [0.4, 0.5) is 5.69 Å². The number of anilines is 1. The molecular weight excluding hydrogens is 512 g/mol. The van der Waals surface area contributed by atoms with Crippen LogP contribution in [-0.2, 0) is 0 Å². The summed E-state index contributed by atoms with van der Waals surface area (Å²) >= 11 is 0. The minimum atomic E-state index is -0.321. The number of hydrogen-bond donors (Lipinski definition) is 1. The number of rotatable bonds is 12. The SMILES string of the molecule is CCN(CC)CCOc1c(OC)c(OC)cc2oc(-c3cccc(NC(=O)c4ccccc4OC)c3)cc(=O)c12. The molecule has 210 valence electrons. The number of likely N-dealkylation sites (N-methyl/N-ethyl adjacent to an activating group) is 1. The molecule has 1 aromatic heterocycles. The summed E-state index contributed by atoms with van der Waals surface area (Å²) in [5.74, 6) is 1.46. The van der Waals surface area contributed by atoms with Gasteiger partial charge in [0.05, 0.1) is 26.9 Å². The van der Waals surface area contributed by atoms with Crippen LogP contribution in [0.1, 0.15) is 24.2 Å². The van der Waals surface area contributed by atoms with Crippen molar-refractivity contribution in [3.63, 3.8) is 0 Å². The highest BCUT2D eigenvalue weighted by Gasteiger charge is 2.22. The summed E-state index contributed by atoms with van der Waals surface area (Å²) in [4.78, 5) is 28.6. The Morgan fingerprint density at radius 3 is 2.33 bits per heavy atom. The van der Waals surface area contributed by atoms with Gasteiger partial charge in [0.2, 0.25) is 5.75 Å². The van der Waals surface area contributed by atoms with Gasteiger partial charge in [-0.25, -0.2) is 0 Å². The van der Waals surface area contributed by atoms with E-state index in [-0.39, 0.29) is 22.5 Å². The van der Waals surface area contributed by atoms with Crippen LogP contribution in [0, 0.1) is 0 Å². The van der Waals surface area contributed by atoms with E-state index in [0.29, 0.717) is 58.6 Å². The highest BCUT2D eigenvalue weighted by Crippen LogP contribution is 2.43. The number of carbonyl (C=O) groups is 1. The second-order valence-electron chi connectivity index (χ2n) is 8.90. The molecule has 0 saturated heterocycles. The van der Waals surface area contributed by atoms with Gasteiger partial charge in [0.25, 0.3) is 5.91 Å². The molecule has 4 rings (SSSR count). The Bertz CT molecular complexity index is 1540. The molecule has 4 aromatic rings. The van der Waals surface area contributed by atoms with E-state index in [1.165, 1.54) is 27.4 Å². The average Bonchev–Trinajstić information content (AvgIpc) is 2.98. The van der Waals surface area contributed by atoms with Crippen LogP contribution in [0.5, 0.6) is 23.0 Å². The second-order valence-corrected chi connectivity index (χ2v) is 8.90. The molecule has 0 radical (unpaired) electrons. The molecule has 1 amide bonds. The first-order valence-electron chi connectivity index (χ1n) is 13.1. The van der Waals surface area contributed by atoms with Crippen molar-refractivity contribution < 1.29 is 28.2 Å². The maximum absolute atomic E-state index is 13.5. The Labute approximate surface area is 233 Å². The molecular formula is C31H34N2O7. The number of fused-ring (bicyclic) bond motifs is 1. The quantitative estimate of drug-likeness (QED) is 0.250. The van der Waals surface area contributed by atoms with Gasteiger partial charge in [0.1, 0.15) is 29.1 Å². The van der Waals surface area contributed by atoms with Gasteiger partial charge in [-0.2, -0.15) is 0 Å². The van der Waals surface area contributed by atoms with Crippen molar-refractivity contribution >= 4 is 22.6 Å². The lowest BCUT2D eigenvalue weighted by Crippen LogP contribution is -2.28. The third-order valence-electron chi connectivity index (χ3n) is 6.62. The minimum Gasteiger partial charge on any atom is -0.496 e. The standard InChI is InChI=1S/C31H34N2O7/c1-6-33(7-2)15-16-39-30-28-23(34)18-25(40-26(28)19-27(37-4)29(30)38-5)20-11-10-12-21(17-20)32-31(35)22-13-8-9-14-24(22)36-3/h8-14,17-19H,6-7,15-16H2,1-5H3,(H,32,35). The summed E-state index contributed by atoms with van der Waals surface area (Å²) in [5, 5.41) is 3.15. The molecule has 9 heteroatoms. The fourth-order valence-corrected chi connectivity index (χ4v) is 4.47. The molecule has 0 spiro atoms. The van der Waals surface area contributed by atoms with Crippen molar-refractivity contribution in [1.29, 1.82) is 0 Å². The van der Waals surface area contributed by atoms with E-state index in [2.05, 4.69) is 24.1 Å². The monoisotopic (exact) mass is 546 g/mol. The summed E-state index contributed by atoms with van der Waals surface area (Å²) in [6.45, 7) is 6.99. The molecule has 0 aliphatic heterocycles. The largest absolute Gasteiger partial charge is 0.496 e. The van der Waals surface area contributed by atoms with Gasteiger partial charge >= 0.3 is 0 Å². The zero-order valence-corrected chi connectivity index (χ0v) is 23.4. The number of amides is 1. The highest BCUT2D eigenvalue weighted by atomic mass is 16.5. The van der Waals surface area contributed by atoms with Crippen molar-refractivity contribution in [2.75, 3.05) is 52.9 Å². The average molecular weight is 547 g/mol. The first kappa shape index (κ1) is 28.5. The van der Waals surface area contributed by atoms with E-state index in [1.54, 1.807) is 54.6 Å². The van der Waals surface area contributed by atoms with Crippen LogP contribution >= 0.6 is 0 Å². The van der Waals surface area contributed by atoms with Gasteiger partial charge in [-0.15, -0.1) is 0 Å². The smallest absolute Gasteiger partial charge is 0.259 e. The van der Waals surface area contributed by atoms with Crippen LogP contribution in [-0.4, -0.2) is 58.4 Å². The molecule has 0 fully saturated rings. The number of nitrogens with zero attached hydrogens (tertiary/aromatic N) is 1. The third-order valence-corrected chi connectivity index (χ3v) is 6.62. The Balaban J connectivity index is 1.70. The molecule has 0 unspecified atom stereocenters. The van der Waals surface area contributed by atoms with E-state index in [0.717, 1.165) is 13.1 Å². The normalized spacial score (nSPS) is 10.9. The number of ether oxygens (including phenoxy) is 4. The Morgan fingerprint density at radius 2 is 1.62 bits per heavy atom. The second kappa shape index (κ2) is 13.0. The van der Waals surface area contributed by atoms with Gasteiger partial charge < -0.3 is 33.6 Å². The van der Waals surface area contributed by atoms with E-state index < -0.39 is 0 Å². The molecule has 3 aromatic carbocycles. The third kappa shape index (κ3) is 6.05. The molecule has 0 atom stereocenters. The maximum Gasteiger partial charge on any atom is 0.259 e. The minimum absolute atomic E-state index is 0.265. The van der Waals surface area contributed by atoms with E-state index in [4.69, 9.17) is 23.4 Å². The van der Waals surface area contributed by atoms with Gasteiger partial charge in [-0.1, -0.05) is 38.1 Å². The van der Waals surface area contributed by atoms with Crippen LogP contribution < -0.4 is 29.7 Å². The molecule has 1 N–H and O–H groups in total. The van der Waals surface area contributed by atoms with Crippen molar-refractivity contribution in [3.8, 4) is 34.3 Å². The van der Waals surface area contributed by atoms with Crippen molar-refractivity contribution in [1.82, 2.24) is 4.90 Å². The zero-order chi connectivity index (χ0) is 28.6. The van der Waals surface area contributed by atoms with E-state index in [1.807, 2.05) is 0 Å². The predicted molar refractivity (Wildman–Crippen MR) is 155 cm³/mol. The molecule has 40 heavy (non-hydrogen) atoms. The van der Waals surface area contributed by atoms with Crippen LogP contribution in [0.25, 0.3) is 22.3 Å². The Morgan fingerprint density at radius 1 is 0.875 bits per heavy atom. The fraction of sp³-hybridized carbons (Fsp3) is 0.290. The van der Waals surface area contributed by atoms with Gasteiger partial charge in [0.15, 0.2) is 16.9 Å².